The molecule has 0 aliphatic carbocycles. The lowest BCUT2D eigenvalue weighted by Crippen LogP contribution is -2.19. The fourth-order valence-electron chi connectivity index (χ4n) is 1.68. The molecule has 0 aliphatic heterocycles. The van der Waals surface area contributed by atoms with E-state index in [9.17, 15) is 14.9 Å². The summed E-state index contributed by atoms with van der Waals surface area (Å²) in [5.41, 5.74) is 8.26. The molecule has 10 nitrogen and oxygen atoms in total. The van der Waals surface area contributed by atoms with Gasteiger partial charge in [-0.1, -0.05) is 0 Å². The maximum atomic E-state index is 11.9. The van der Waals surface area contributed by atoms with E-state index < -0.39 is 16.7 Å². The van der Waals surface area contributed by atoms with Crippen molar-refractivity contribution in [3.8, 4) is 0 Å². The number of hydrogen-bond acceptors (Lipinski definition) is 7. The molecule has 0 aliphatic rings. The number of aromatic nitrogens is 2. The van der Waals surface area contributed by atoms with Gasteiger partial charge in [-0.15, -0.1) is 0 Å². The Morgan fingerprint density at radius 3 is 2.86 bits per heavy atom. The van der Waals surface area contributed by atoms with E-state index >= 15 is 0 Å². The Balaban J connectivity index is 2.03. The number of nitro groups is 1. The third-order valence-corrected chi connectivity index (χ3v) is 2.72. The number of furan rings is 1. The van der Waals surface area contributed by atoms with Gasteiger partial charge in [-0.25, -0.2) is 10.1 Å². The SMILES string of the molecule is CC(C)n1ncc(C(=O)NN=Cc2ccc([N+](=O)[O-])o2)c1N. The predicted octanol–water partition coefficient (Wildman–Crippen LogP) is 1.31. The molecule has 116 valence electrons. The van der Waals surface area contributed by atoms with Gasteiger partial charge in [0.25, 0.3) is 5.91 Å². The van der Waals surface area contributed by atoms with E-state index in [0.29, 0.717) is 0 Å². The Morgan fingerprint density at radius 2 is 2.32 bits per heavy atom. The van der Waals surface area contributed by atoms with E-state index in [1.165, 1.54) is 23.0 Å². The van der Waals surface area contributed by atoms with Crippen molar-refractivity contribution >= 4 is 23.8 Å². The van der Waals surface area contributed by atoms with Gasteiger partial charge in [0, 0.05) is 6.04 Å². The molecule has 22 heavy (non-hydrogen) atoms. The number of hydrazone groups is 1. The van der Waals surface area contributed by atoms with Gasteiger partial charge in [0.2, 0.25) is 0 Å². The van der Waals surface area contributed by atoms with Crippen LogP contribution in [0.5, 0.6) is 0 Å². The van der Waals surface area contributed by atoms with Crippen LogP contribution in [0.25, 0.3) is 0 Å². The summed E-state index contributed by atoms with van der Waals surface area (Å²) in [7, 11) is 0. The molecule has 0 saturated carbocycles. The summed E-state index contributed by atoms with van der Waals surface area (Å²) in [5.74, 6) is -0.578. The molecule has 0 spiro atoms. The molecule has 0 unspecified atom stereocenters. The predicted molar refractivity (Wildman–Crippen MR) is 77.4 cm³/mol. The first-order valence-electron chi connectivity index (χ1n) is 6.30. The summed E-state index contributed by atoms with van der Waals surface area (Å²) in [6.07, 6.45) is 2.49. The minimum Gasteiger partial charge on any atom is -0.400 e. The van der Waals surface area contributed by atoms with Crippen LogP contribution in [-0.2, 0) is 0 Å². The molecule has 2 aromatic heterocycles. The molecule has 0 atom stereocenters. The lowest BCUT2D eigenvalue weighted by Gasteiger charge is -2.07. The first kappa shape index (κ1) is 15.2. The van der Waals surface area contributed by atoms with Crippen molar-refractivity contribution in [2.75, 3.05) is 5.73 Å². The zero-order valence-electron chi connectivity index (χ0n) is 11.9. The zero-order chi connectivity index (χ0) is 16.3. The lowest BCUT2D eigenvalue weighted by molar-refractivity contribution is -0.402. The third-order valence-electron chi connectivity index (χ3n) is 2.72. The normalized spacial score (nSPS) is 11.2. The second-order valence-electron chi connectivity index (χ2n) is 4.61. The van der Waals surface area contributed by atoms with Crippen molar-refractivity contribution in [1.82, 2.24) is 15.2 Å². The highest BCUT2D eigenvalue weighted by Crippen LogP contribution is 2.16. The van der Waals surface area contributed by atoms with Crippen LogP contribution in [0.1, 0.15) is 36.0 Å². The minimum absolute atomic E-state index is 0.0220. The highest BCUT2D eigenvalue weighted by molar-refractivity contribution is 5.98. The van der Waals surface area contributed by atoms with Gasteiger partial charge >= 0.3 is 5.88 Å². The monoisotopic (exact) mass is 306 g/mol. The van der Waals surface area contributed by atoms with Crippen molar-refractivity contribution in [3.63, 3.8) is 0 Å². The van der Waals surface area contributed by atoms with Crippen LogP contribution in [0.15, 0.2) is 27.8 Å². The number of rotatable bonds is 5. The Hall–Kier alpha value is -3.17. The molecule has 10 heteroatoms. The van der Waals surface area contributed by atoms with Gasteiger partial charge in [0.15, 0.2) is 5.76 Å². The fraction of sp³-hybridized carbons (Fsp3) is 0.250. The van der Waals surface area contributed by atoms with E-state index in [2.05, 4.69) is 15.6 Å². The summed E-state index contributed by atoms with van der Waals surface area (Å²) in [6.45, 7) is 3.76. The van der Waals surface area contributed by atoms with Crippen LogP contribution in [-0.4, -0.2) is 26.8 Å². The molecule has 1 amide bonds. The summed E-state index contributed by atoms with van der Waals surface area (Å²) >= 11 is 0. The van der Waals surface area contributed by atoms with Gasteiger partial charge in [0.1, 0.15) is 16.3 Å². The van der Waals surface area contributed by atoms with E-state index in [4.69, 9.17) is 10.2 Å². The Labute approximate surface area is 124 Å². The number of amides is 1. The van der Waals surface area contributed by atoms with E-state index in [1.54, 1.807) is 0 Å². The smallest absolute Gasteiger partial charge is 0.400 e. The maximum absolute atomic E-state index is 11.9. The average Bonchev–Trinajstić information content (AvgIpc) is 3.05. The van der Waals surface area contributed by atoms with Gasteiger partial charge in [-0.3, -0.25) is 14.9 Å². The van der Waals surface area contributed by atoms with Crippen molar-refractivity contribution in [1.29, 1.82) is 0 Å². The molecular formula is C12H14N6O4. The quantitative estimate of drug-likeness (QED) is 0.484. The number of hydrogen-bond donors (Lipinski definition) is 2. The van der Waals surface area contributed by atoms with Gasteiger partial charge in [-0.2, -0.15) is 10.2 Å². The number of nitrogens with one attached hydrogen (secondary N) is 1. The number of nitrogen functional groups attached to an aromatic ring is 1. The minimum atomic E-state index is -0.670. The van der Waals surface area contributed by atoms with Crippen LogP contribution in [0, 0.1) is 10.1 Å². The zero-order valence-corrected chi connectivity index (χ0v) is 11.9. The summed E-state index contributed by atoms with van der Waals surface area (Å²) < 4.78 is 6.36. The van der Waals surface area contributed by atoms with Crippen LogP contribution >= 0.6 is 0 Å². The first-order valence-corrected chi connectivity index (χ1v) is 6.30. The lowest BCUT2D eigenvalue weighted by atomic mass is 10.3. The maximum Gasteiger partial charge on any atom is 0.433 e. The summed E-state index contributed by atoms with van der Waals surface area (Å²) in [6, 6.07) is 2.57. The molecule has 0 saturated heterocycles. The molecule has 0 fully saturated rings. The highest BCUT2D eigenvalue weighted by atomic mass is 16.6. The van der Waals surface area contributed by atoms with Gasteiger partial charge < -0.3 is 10.2 Å². The van der Waals surface area contributed by atoms with Crippen LogP contribution in [0.2, 0.25) is 0 Å². The number of carbonyl (C=O) groups is 1. The Bertz CT molecular complexity index is 730. The van der Waals surface area contributed by atoms with Gasteiger partial charge in [-0.05, 0) is 19.9 Å². The van der Waals surface area contributed by atoms with Crippen LogP contribution in [0.4, 0.5) is 11.7 Å². The second-order valence-corrected chi connectivity index (χ2v) is 4.61. The van der Waals surface area contributed by atoms with Gasteiger partial charge in [0.05, 0.1) is 18.5 Å². The van der Waals surface area contributed by atoms with Crippen LogP contribution in [0.3, 0.4) is 0 Å². The molecule has 0 radical (unpaired) electrons. The molecule has 0 aromatic carbocycles. The Kier molecular flexibility index (Phi) is 4.20. The van der Waals surface area contributed by atoms with E-state index in [0.717, 1.165) is 6.21 Å². The standard InChI is InChI=1S/C12H14N6O4/c1-7(2)17-11(13)9(6-15-17)12(19)16-14-5-8-3-4-10(22-8)18(20)21/h3-7H,13H2,1-2H3,(H,16,19). The third kappa shape index (κ3) is 3.11. The van der Waals surface area contributed by atoms with Crippen LogP contribution < -0.4 is 11.2 Å². The number of nitrogens with two attached hydrogens (primary N) is 1. The number of anilines is 1. The topological polar surface area (TPSA) is 142 Å². The molecule has 3 N–H and O–H groups in total. The van der Waals surface area contributed by atoms with Crippen molar-refractivity contribution < 1.29 is 14.1 Å². The van der Waals surface area contributed by atoms with Crippen molar-refractivity contribution in [2.45, 2.75) is 19.9 Å². The highest BCUT2D eigenvalue weighted by Gasteiger charge is 2.16. The fourth-order valence-corrected chi connectivity index (χ4v) is 1.68. The summed E-state index contributed by atoms with van der Waals surface area (Å²) in [5, 5.41) is 18.1. The largest absolute Gasteiger partial charge is 0.433 e. The summed E-state index contributed by atoms with van der Waals surface area (Å²) in [4.78, 5) is 21.7. The molecule has 2 heterocycles. The molecule has 2 rings (SSSR count). The second kappa shape index (κ2) is 6.08. The molecule has 0 bridgehead atoms. The van der Waals surface area contributed by atoms with Crippen molar-refractivity contribution in [3.05, 3.63) is 39.8 Å². The Morgan fingerprint density at radius 1 is 1.59 bits per heavy atom. The van der Waals surface area contributed by atoms with E-state index in [1.807, 2.05) is 13.8 Å². The number of nitrogens with zero attached hydrogens (tertiary/aromatic N) is 4. The average molecular weight is 306 g/mol. The number of carbonyl (C=O) groups excluding carboxylic acids is 1. The first-order chi connectivity index (χ1) is 10.4. The van der Waals surface area contributed by atoms with Crippen molar-refractivity contribution in [2.24, 2.45) is 5.10 Å². The molecular weight excluding hydrogens is 292 g/mol. The molecule has 2 aromatic rings. The van der Waals surface area contributed by atoms with E-state index in [-0.39, 0.29) is 23.2 Å².